The van der Waals surface area contributed by atoms with E-state index in [-0.39, 0.29) is 21.1 Å². The molecule has 0 heterocycles. The molecule has 0 amide bonds. The van der Waals surface area contributed by atoms with Crippen molar-refractivity contribution in [3.05, 3.63) is 0 Å². The molecule has 5 heteroatoms. The molecule has 0 aliphatic rings. The van der Waals surface area contributed by atoms with Crippen molar-refractivity contribution in [3.63, 3.8) is 0 Å². The van der Waals surface area contributed by atoms with Crippen molar-refractivity contribution in [1.29, 1.82) is 0 Å². The first kappa shape index (κ1) is 16.2. The van der Waals surface area contributed by atoms with Crippen LogP contribution in [0.25, 0.3) is 0 Å². The van der Waals surface area contributed by atoms with Gasteiger partial charge in [-0.2, -0.15) is 0 Å². The quantitative estimate of drug-likeness (QED) is 0.463. The second-order valence-electron chi connectivity index (χ2n) is 2.83. The van der Waals surface area contributed by atoms with Gasteiger partial charge in [0.2, 0.25) is 0 Å². The Morgan fingerprint density at radius 3 is 1.62 bits per heavy atom. The molecule has 80 valence electrons. The minimum Gasteiger partial charge on any atom is -0.409 e. The Morgan fingerprint density at radius 1 is 1.08 bits per heavy atom. The topological polar surface area (TPSA) is 60.2 Å². The summed E-state index contributed by atoms with van der Waals surface area (Å²) in [6.45, 7) is 4.59. The van der Waals surface area contributed by atoms with Gasteiger partial charge in [0.15, 0.2) is 0 Å². The van der Waals surface area contributed by atoms with E-state index in [1.165, 1.54) is 25.7 Å². The van der Waals surface area contributed by atoms with Crippen LogP contribution in [0.1, 0.15) is 39.5 Å². The second kappa shape index (κ2) is 15.2. The van der Waals surface area contributed by atoms with Crippen molar-refractivity contribution in [3.8, 4) is 0 Å². The fraction of sp³-hybridized carbons (Fsp3) is 1.00. The Bertz CT molecular complexity index is 137. The standard InChI is InChI=1S/2C4H9.H2NO2S.Sn.H/c2*1-3-4-2;1-4(2)3;;/h2*1,3-4H2,2H3;(H2,1,2,3);;/q;;-1;+1;. The molecule has 0 saturated heterocycles. The summed E-state index contributed by atoms with van der Waals surface area (Å²) in [5.41, 5.74) is 0. The molecule has 0 bridgehead atoms. The van der Waals surface area contributed by atoms with Gasteiger partial charge in [0.1, 0.15) is 0 Å². The Balaban J connectivity index is 0. The van der Waals surface area contributed by atoms with E-state index in [9.17, 15) is 0 Å². The minimum atomic E-state index is -2.36. The predicted molar refractivity (Wildman–Crippen MR) is 59.5 cm³/mol. The van der Waals surface area contributed by atoms with Gasteiger partial charge in [-0.25, -0.2) is 0 Å². The predicted octanol–water partition coefficient (Wildman–Crippen LogP) is 2.03. The molecule has 0 aromatic rings. The van der Waals surface area contributed by atoms with Crippen molar-refractivity contribution in [1.82, 2.24) is 0 Å². The second-order valence-corrected chi connectivity index (χ2v) is 8.30. The van der Waals surface area contributed by atoms with Crippen LogP contribution in [0.4, 0.5) is 0 Å². The van der Waals surface area contributed by atoms with Crippen LogP contribution in [0.3, 0.4) is 0 Å². The molecule has 3 nitrogen and oxygen atoms in total. The third-order valence-electron chi connectivity index (χ3n) is 1.52. The van der Waals surface area contributed by atoms with Gasteiger partial charge in [-0.15, -0.1) is 0 Å². The van der Waals surface area contributed by atoms with Crippen LogP contribution in [0.15, 0.2) is 0 Å². The van der Waals surface area contributed by atoms with Gasteiger partial charge in [0.25, 0.3) is 0 Å². The molecule has 0 aliphatic carbocycles. The van der Waals surface area contributed by atoms with Gasteiger partial charge in [0, 0.05) is 0 Å². The minimum absolute atomic E-state index is 0.00469. The van der Waals surface area contributed by atoms with Crippen LogP contribution in [0, 0.1) is 0 Å². The van der Waals surface area contributed by atoms with Crippen LogP contribution >= 0.6 is 0 Å². The molecule has 0 unspecified atom stereocenters. The van der Waals surface area contributed by atoms with Gasteiger partial charge in [-0.3, -0.25) is 0 Å². The fourth-order valence-corrected chi connectivity index (χ4v) is 5.64. The van der Waals surface area contributed by atoms with Crippen molar-refractivity contribution >= 4 is 32.0 Å². The summed E-state index contributed by atoms with van der Waals surface area (Å²) < 4.78 is 20.8. The number of hydrogen-bond acceptors (Lipinski definition) is 3. The van der Waals surface area contributed by atoms with E-state index in [4.69, 9.17) is 8.42 Å². The Kier molecular flexibility index (Phi) is 18.9. The molecular formula is C8H21NO2SSn. The number of unbranched alkanes of at least 4 members (excludes halogenated alkanes) is 2. The van der Waals surface area contributed by atoms with E-state index >= 15 is 0 Å². The number of nitrogens with two attached hydrogens (primary N) is 1. The molecule has 2 N–H and O–H groups in total. The van der Waals surface area contributed by atoms with Gasteiger partial charge in [-0.05, 0) is 10.9 Å². The summed E-state index contributed by atoms with van der Waals surface area (Å²) in [5, 5.41) is 4.03. The maximum Gasteiger partial charge on any atom is -0.0111 e. The maximum atomic E-state index is 8.78. The van der Waals surface area contributed by atoms with Crippen molar-refractivity contribution in [2.24, 2.45) is 5.14 Å². The summed E-state index contributed by atoms with van der Waals surface area (Å²) in [4.78, 5) is 0. The third kappa shape index (κ3) is 32.4. The largest absolute Gasteiger partial charge is 0.409 e. The van der Waals surface area contributed by atoms with Crippen LogP contribution in [-0.2, 0) is 19.3 Å². The van der Waals surface area contributed by atoms with Crippen LogP contribution in [-0.4, -0.2) is 21.1 Å². The molecule has 0 aromatic heterocycles. The number of rotatable bonds is 6. The summed E-state index contributed by atoms with van der Waals surface area (Å²) >= 11 is -0.00469. The molecule has 0 fully saturated rings. The average molecular weight is 314 g/mol. The molecule has 0 radical (unpaired) electrons. The summed E-state index contributed by atoms with van der Waals surface area (Å²) in [6.07, 6.45) is 5.87. The third-order valence-corrected chi connectivity index (χ3v) is 6.18. The summed E-state index contributed by atoms with van der Waals surface area (Å²) in [6, 6.07) is 0. The maximum absolute atomic E-state index is 8.78. The first-order valence-corrected chi connectivity index (χ1v) is 10.6. The molecule has 0 spiro atoms. The van der Waals surface area contributed by atoms with Gasteiger partial charge < -0.3 is 13.6 Å². The van der Waals surface area contributed by atoms with Crippen molar-refractivity contribution < 1.29 is 8.42 Å². The molecule has 0 atom stereocenters. The first-order valence-electron chi connectivity index (χ1n) is 4.80. The van der Waals surface area contributed by atoms with Crippen molar-refractivity contribution in [2.75, 3.05) is 0 Å². The van der Waals surface area contributed by atoms with E-state index in [0.29, 0.717) is 0 Å². The Labute approximate surface area is 93.8 Å². The zero-order chi connectivity index (χ0) is 10.5. The van der Waals surface area contributed by atoms with E-state index in [2.05, 4.69) is 19.0 Å². The fourth-order valence-electron chi connectivity index (χ4n) is 0.841. The smallest absolute Gasteiger partial charge is 0.0111 e. The van der Waals surface area contributed by atoms with Gasteiger partial charge in [-0.1, -0.05) is 0 Å². The zero-order valence-electron chi connectivity index (χ0n) is 8.62. The van der Waals surface area contributed by atoms with E-state index in [1.807, 2.05) is 0 Å². The molecule has 0 saturated carbocycles. The van der Waals surface area contributed by atoms with E-state index in [0.717, 1.165) is 0 Å². The van der Waals surface area contributed by atoms with Crippen LogP contribution in [0.2, 0.25) is 8.87 Å². The van der Waals surface area contributed by atoms with Crippen LogP contribution < -0.4 is 5.14 Å². The first-order chi connectivity index (χ1) is 6.15. The monoisotopic (exact) mass is 315 g/mol. The average Bonchev–Trinajstić information content (AvgIpc) is 2.03. The summed E-state index contributed by atoms with van der Waals surface area (Å²) in [5.74, 6) is 0. The molecule has 0 rings (SSSR count). The van der Waals surface area contributed by atoms with Crippen molar-refractivity contribution in [2.45, 2.75) is 48.4 Å². The van der Waals surface area contributed by atoms with Crippen LogP contribution in [0.5, 0.6) is 0 Å². The van der Waals surface area contributed by atoms with Gasteiger partial charge in [0.05, 0.1) is 0 Å². The summed E-state index contributed by atoms with van der Waals surface area (Å²) in [7, 11) is -2.36. The molecule has 0 aliphatic heterocycles. The number of hydrogen-bond donors (Lipinski definition) is 1. The Hall–Kier alpha value is 0.709. The zero-order valence-corrected chi connectivity index (χ0v) is 12.7. The van der Waals surface area contributed by atoms with Gasteiger partial charge >= 0.3 is 69.5 Å². The Morgan fingerprint density at radius 2 is 1.38 bits per heavy atom. The van der Waals surface area contributed by atoms with E-state index in [1.54, 1.807) is 8.87 Å². The van der Waals surface area contributed by atoms with E-state index < -0.39 is 10.9 Å². The normalized spacial score (nSPS) is 9.23. The molecular weight excluding hydrogens is 293 g/mol. The molecule has 0 aromatic carbocycles. The SMILES string of the molecule is CCC[CH2][SnH+][CH2]CCC.N[S-](=O)=O. The molecule has 13 heavy (non-hydrogen) atoms.